The van der Waals surface area contributed by atoms with Crippen molar-refractivity contribution in [2.24, 2.45) is 0 Å². The Balaban J connectivity index is 3.51. The van der Waals surface area contributed by atoms with Gasteiger partial charge in [-0.15, -0.1) is 0 Å². The Morgan fingerprint density at radius 2 is 1.38 bits per heavy atom. The third-order valence-corrected chi connectivity index (χ3v) is 14.0. The van der Waals surface area contributed by atoms with Crippen LogP contribution in [-0.4, -0.2) is 40.4 Å². The summed E-state index contributed by atoms with van der Waals surface area (Å²) < 4.78 is 16.9. The molecule has 0 aliphatic rings. The van der Waals surface area contributed by atoms with Crippen molar-refractivity contribution >= 4 is 59.5 Å². The summed E-state index contributed by atoms with van der Waals surface area (Å²) in [5.74, 6) is -2.00. The van der Waals surface area contributed by atoms with Gasteiger partial charge in [0.1, 0.15) is 0 Å². The number of benzene rings is 1. The zero-order chi connectivity index (χ0) is 16.2. The second-order valence-corrected chi connectivity index (χ2v) is 14.0. The number of hydrogen-bond acceptors (Lipinski definition) is 6. The normalized spacial score (nSPS) is 10.7. The summed E-state index contributed by atoms with van der Waals surface area (Å²) in [7, 11) is 0. The first-order valence-corrected chi connectivity index (χ1v) is 13.5. The van der Waals surface area contributed by atoms with Crippen molar-refractivity contribution in [1.82, 2.24) is 0 Å². The molecule has 0 amide bonds. The molecule has 0 saturated heterocycles. The van der Waals surface area contributed by atoms with Crippen LogP contribution in [0.2, 0.25) is 0 Å². The van der Waals surface area contributed by atoms with Crippen molar-refractivity contribution < 1.29 is 22.4 Å². The van der Waals surface area contributed by atoms with E-state index >= 15 is 0 Å². The second kappa shape index (κ2) is 7.34. The Kier molecular flexibility index (Phi) is 6.32. The molecule has 1 rings (SSSR count). The number of rotatable bonds is 4. The summed E-state index contributed by atoms with van der Waals surface area (Å²) in [6.07, 6.45) is 0. The first-order chi connectivity index (χ1) is 9.66. The number of hydrogen-bond donors (Lipinski definition) is 0. The number of aryl methyl sites for hydroxylation is 1. The van der Waals surface area contributed by atoms with E-state index in [2.05, 4.69) is 15.9 Å². The van der Waals surface area contributed by atoms with Crippen LogP contribution < -0.4 is 3.12 Å². The van der Waals surface area contributed by atoms with E-state index in [1.165, 1.54) is 20.8 Å². The van der Waals surface area contributed by atoms with E-state index in [1.54, 1.807) is 25.1 Å². The molecule has 0 atom stereocenters. The van der Waals surface area contributed by atoms with Crippen molar-refractivity contribution in [2.45, 2.75) is 27.7 Å². The van der Waals surface area contributed by atoms with Crippen LogP contribution in [0.1, 0.15) is 26.3 Å². The van der Waals surface area contributed by atoms with Crippen LogP contribution >= 0.6 is 15.9 Å². The second-order valence-electron chi connectivity index (χ2n) is 4.30. The molecule has 0 N–H and O–H groups in total. The molecule has 6 nitrogen and oxygen atoms in total. The van der Waals surface area contributed by atoms with Crippen LogP contribution in [0.3, 0.4) is 0 Å². The quantitative estimate of drug-likeness (QED) is 0.527. The van der Waals surface area contributed by atoms with Crippen molar-refractivity contribution in [3.8, 4) is 0 Å². The third-order valence-electron chi connectivity index (χ3n) is 2.36. The molecule has 0 aromatic heterocycles. The van der Waals surface area contributed by atoms with Crippen molar-refractivity contribution in [3.63, 3.8) is 0 Å². The number of carbonyl (C=O) groups excluding carboxylic acids is 3. The SMILES string of the molecule is CC(=O)[O][Pb]([O]C(C)=O)([O]C(C)=O)[c]1cc(Br)ccc1C. The summed E-state index contributed by atoms with van der Waals surface area (Å²) in [6.45, 7) is 5.28. The zero-order valence-electron chi connectivity index (χ0n) is 12.1. The van der Waals surface area contributed by atoms with Gasteiger partial charge in [0.2, 0.25) is 0 Å². The Morgan fingerprint density at radius 3 is 1.76 bits per heavy atom. The topological polar surface area (TPSA) is 78.9 Å². The maximum absolute atomic E-state index is 11.4. The standard InChI is InChI=1S/C7H6Br.3C2H4O2.Pb/c1-6-2-4-7(8)5-3-6;3*1-2(3)4;/h2,4-5H,1H3;3*1H3,(H,3,4);/q;;;;+3/p-3. The molecule has 0 fully saturated rings. The van der Waals surface area contributed by atoms with Crippen LogP contribution in [0.5, 0.6) is 0 Å². The van der Waals surface area contributed by atoms with E-state index in [0.29, 0.717) is 13.2 Å². The predicted octanol–water partition coefficient (Wildman–Crippen LogP) is 1.59. The van der Waals surface area contributed by atoms with Gasteiger partial charge in [-0.1, -0.05) is 0 Å². The van der Waals surface area contributed by atoms with Crippen molar-refractivity contribution in [2.75, 3.05) is 0 Å². The average Bonchev–Trinajstić information content (AvgIpc) is 2.29. The van der Waals surface area contributed by atoms with E-state index in [9.17, 15) is 14.4 Å². The Hall–Kier alpha value is -0.968. The van der Waals surface area contributed by atoms with Gasteiger partial charge in [0.05, 0.1) is 0 Å². The fourth-order valence-electron chi connectivity index (χ4n) is 1.72. The molecule has 21 heavy (non-hydrogen) atoms. The van der Waals surface area contributed by atoms with Crippen LogP contribution in [-0.2, 0) is 22.4 Å². The van der Waals surface area contributed by atoms with E-state index in [1.807, 2.05) is 0 Å². The summed E-state index contributed by atoms with van der Waals surface area (Å²) in [5.41, 5.74) is 0.712. The van der Waals surface area contributed by atoms with Crippen LogP contribution in [0.15, 0.2) is 22.7 Å². The summed E-state index contributed by atoms with van der Waals surface area (Å²) in [6, 6.07) is 5.18. The van der Waals surface area contributed by atoms with E-state index in [-0.39, 0.29) is 0 Å². The van der Waals surface area contributed by atoms with Gasteiger partial charge in [0.25, 0.3) is 0 Å². The van der Waals surface area contributed by atoms with Crippen LogP contribution in [0.25, 0.3) is 0 Å². The molecule has 8 heteroatoms. The molecule has 0 aliphatic heterocycles. The molecule has 1 aromatic rings. The van der Waals surface area contributed by atoms with E-state index < -0.39 is 40.4 Å². The average molecular weight is 554 g/mol. The molecule has 0 bridgehead atoms. The van der Waals surface area contributed by atoms with E-state index in [4.69, 9.17) is 8.06 Å². The fourth-order valence-corrected chi connectivity index (χ4v) is 12.6. The Morgan fingerprint density at radius 1 is 0.952 bits per heavy atom. The Labute approximate surface area is 137 Å². The van der Waals surface area contributed by atoms with Gasteiger partial charge in [-0.25, -0.2) is 0 Å². The molecule has 114 valence electrons. The van der Waals surface area contributed by atoms with Gasteiger partial charge in [0, 0.05) is 0 Å². The monoisotopic (exact) mass is 554 g/mol. The predicted molar refractivity (Wildman–Crippen MR) is 79.6 cm³/mol. The van der Waals surface area contributed by atoms with Crippen LogP contribution in [0.4, 0.5) is 0 Å². The van der Waals surface area contributed by atoms with Gasteiger partial charge < -0.3 is 0 Å². The molecule has 0 unspecified atom stereocenters. The molecule has 0 heterocycles. The fraction of sp³-hybridized carbons (Fsp3) is 0.308. The molecule has 1 aromatic carbocycles. The van der Waals surface area contributed by atoms with Gasteiger partial charge in [-0.3, -0.25) is 0 Å². The molecule has 0 saturated carbocycles. The maximum atomic E-state index is 11.4. The van der Waals surface area contributed by atoms with Gasteiger partial charge in [0.15, 0.2) is 0 Å². The zero-order valence-corrected chi connectivity index (χ0v) is 17.5. The number of carbonyl (C=O) groups is 3. The summed E-state index contributed by atoms with van der Waals surface area (Å²) >= 11 is -1.78. The van der Waals surface area contributed by atoms with E-state index in [0.717, 1.165) is 0 Å². The van der Waals surface area contributed by atoms with Crippen molar-refractivity contribution in [3.05, 3.63) is 28.2 Å². The summed E-state index contributed by atoms with van der Waals surface area (Å²) in [4.78, 5) is 34.3. The molecular weight excluding hydrogens is 539 g/mol. The Bertz CT molecular complexity index is 545. The summed E-state index contributed by atoms with van der Waals surface area (Å²) in [5, 5.41) is 0. The molecule has 0 aliphatic carbocycles. The molecule has 0 spiro atoms. The molecule has 0 radical (unpaired) electrons. The minimum absolute atomic E-state index is 0.456. The van der Waals surface area contributed by atoms with Gasteiger partial charge >= 0.3 is 138 Å². The van der Waals surface area contributed by atoms with Crippen LogP contribution in [0, 0.1) is 6.92 Å². The van der Waals surface area contributed by atoms with Gasteiger partial charge in [-0.05, 0) is 0 Å². The number of halogens is 1. The first kappa shape index (κ1) is 18.1. The van der Waals surface area contributed by atoms with Gasteiger partial charge in [-0.2, -0.15) is 0 Å². The third kappa shape index (κ3) is 5.06. The molecular formula is C13H15BrO6Pb. The first-order valence-electron chi connectivity index (χ1n) is 6.01. The minimum atomic E-state index is -5.08. The van der Waals surface area contributed by atoms with Crippen molar-refractivity contribution in [1.29, 1.82) is 0 Å².